The third kappa shape index (κ3) is 1.14. The second-order valence-corrected chi connectivity index (χ2v) is 2.09. The molecule has 0 radical (unpaired) electrons. The van der Waals surface area contributed by atoms with Crippen LogP contribution in [0.25, 0.3) is 0 Å². The van der Waals surface area contributed by atoms with E-state index in [0.717, 1.165) is 12.8 Å². The minimum Gasteiger partial charge on any atom is -0.394 e. The SMILES string of the molecule is OC[C@H](O)C1CC1. The van der Waals surface area contributed by atoms with Gasteiger partial charge in [0.1, 0.15) is 0 Å². The van der Waals surface area contributed by atoms with Gasteiger partial charge in [-0.15, -0.1) is 0 Å². The zero-order chi connectivity index (χ0) is 5.28. The van der Waals surface area contributed by atoms with Crippen LogP contribution in [0.1, 0.15) is 12.8 Å². The van der Waals surface area contributed by atoms with Crippen LogP contribution in [0.2, 0.25) is 0 Å². The highest BCUT2D eigenvalue weighted by Gasteiger charge is 2.28. The van der Waals surface area contributed by atoms with E-state index in [1.165, 1.54) is 0 Å². The van der Waals surface area contributed by atoms with Crippen molar-refractivity contribution in [3.63, 3.8) is 0 Å². The van der Waals surface area contributed by atoms with Crippen LogP contribution in [-0.4, -0.2) is 22.9 Å². The number of hydrogen-bond acceptors (Lipinski definition) is 2. The maximum atomic E-state index is 8.75. The zero-order valence-electron chi connectivity index (χ0n) is 4.17. The Labute approximate surface area is 42.8 Å². The van der Waals surface area contributed by atoms with Crippen LogP contribution in [-0.2, 0) is 0 Å². The molecule has 1 aliphatic rings. The van der Waals surface area contributed by atoms with Crippen LogP contribution in [0, 0.1) is 5.92 Å². The summed E-state index contributed by atoms with van der Waals surface area (Å²) in [6, 6.07) is 0. The van der Waals surface area contributed by atoms with E-state index in [4.69, 9.17) is 10.2 Å². The standard InChI is InChI=1S/C5H10O2/c6-3-5(7)4-1-2-4/h4-7H,1-3H2/t5-/m0/s1. The summed E-state index contributed by atoms with van der Waals surface area (Å²) in [5.74, 6) is 0.421. The van der Waals surface area contributed by atoms with Crippen LogP contribution in [0.15, 0.2) is 0 Å². The third-order valence-corrected chi connectivity index (χ3v) is 1.35. The summed E-state index contributed by atoms with van der Waals surface area (Å²) < 4.78 is 0. The lowest BCUT2D eigenvalue weighted by atomic mass is 10.2. The van der Waals surface area contributed by atoms with E-state index in [2.05, 4.69) is 0 Å². The molecule has 1 fully saturated rings. The van der Waals surface area contributed by atoms with Crippen molar-refractivity contribution in [2.45, 2.75) is 18.9 Å². The average molecular weight is 102 g/mol. The fourth-order valence-corrected chi connectivity index (χ4v) is 0.630. The number of aliphatic hydroxyl groups excluding tert-OH is 2. The Kier molecular flexibility index (Phi) is 1.30. The molecule has 1 saturated carbocycles. The average Bonchev–Trinajstić information content (AvgIpc) is 2.44. The molecule has 1 atom stereocenters. The van der Waals surface area contributed by atoms with Crippen molar-refractivity contribution in [2.24, 2.45) is 5.92 Å². The molecule has 1 aliphatic carbocycles. The van der Waals surface area contributed by atoms with Crippen molar-refractivity contribution >= 4 is 0 Å². The lowest BCUT2D eigenvalue weighted by Gasteiger charge is -2.00. The van der Waals surface area contributed by atoms with Crippen molar-refractivity contribution in [1.29, 1.82) is 0 Å². The van der Waals surface area contributed by atoms with Gasteiger partial charge in [-0.05, 0) is 18.8 Å². The van der Waals surface area contributed by atoms with Crippen LogP contribution < -0.4 is 0 Å². The molecule has 0 saturated heterocycles. The molecular weight excluding hydrogens is 92.1 g/mol. The molecule has 0 aliphatic heterocycles. The van der Waals surface area contributed by atoms with E-state index in [-0.39, 0.29) is 6.61 Å². The fraction of sp³-hybridized carbons (Fsp3) is 1.00. The summed E-state index contributed by atoms with van der Waals surface area (Å²) >= 11 is 0. The van der Waals surface area contributed by atoms with Gasteiger partial charge in [0.05, 0.1) is 12.7 Å². The van der Waals surface area contributed by atoms with E-state index < -0.39 is 6.10 Å². The molecule has 0 spiro atoms. The van der Waals surface area contributed by atoms with Gasteiger partial charge in [-0.2, -0.15) is 0 Å². The summed E-state index contributed by atoms with van der Waals surface area (Å²) in [5, 5.41) is 17.0. The number of hydrogen-bond donors (Lipinski definition) is 2. The number of rotatable bonds is 2. The normalized spacial score (nSPS) is 24.9. The van der Waals surface area contributed by atoms with E-state index in [1.807, 2.05) is 0 Å². The molecule has 0 aromatic heterocycles. The summed E-state index contributed by atoms with van der Waals surface area (Å²) in [6.07, 6.45) is 1.77. The Morgan fingerprint density at radius 3 is 2.29 bits per heavy atom. The highest BCUT2D eigenvalue weighted by atomic mass is 16.3. The summed E-state index contributed by atoms with van der Waals surface area (Å²) in [4.78, 5) is 0. The lowest BCUT2D eigenvalue weighted by Crippen LogP contribution is -2.13. The maximum absolute atomic E-state index is 8.75. The first-order valence-electron chi connectivity index (χ1n) is 2.63. The third-order valence-electron chi connectivity index (χ3n) is 1.35. The molecule has 42 valence electrons. The summed E-state index contributed by atoms with van der Waals surface area (Å²) in [6.45, 7) is -0.0648. The van der Waals surface area contributed by atoms with E-state index in [1.54, 1.807) is 0 Å². The smallest absolute Gasteiger partial charge is 0.0799 e. The molecule has 0 unspecified atom stereocenters. The molecule has 0 heterocycles. The summed E-state index contributed by atoms with van der Waals surface area (Å²) in [5.41, 5.74) is 0. The largest absolute Gasteiger partial charge is 0.394 e. The molecule has 1 rings (SSSR count). The van der Waals surface area contributed by atoms with Gasteiger partial charge >= 0.3 is 0 Å². The monoisotopic (exact) mass is 102 g/mol. The van der Waals surface area contributed by atoms with Crippen LogP contribution in [0.3, 0.4) is 0 Å². The quantitative estimate of drug-likeness (QED) is 0.504. The molecule has 0 amide bonds. The first-order valence-corrected chi connectivity index (χ1v) is 2.63. The molecule has 7 heavy (non-hydrogen) atoms. The van der Waals surface area contributed by atoms with Gasteiger partial charge in [-0.1, -0.05) is 0 Å². The van der Waals surface area contributed by atoms with Crippen molar-refractivity contribution in [3.05, 3.63) is 0 Å². The van der Waals surface area contributed by atoms with E-state index in [9.17, 15) is 0 Å². The fourth-order valence-electron chi connectivity index (χ4n) is 0.630. The molecule has 0 aromatic rings. The Morgan fingerprint density at radius 2 is 2.14 bits per heavy atom. The minimum absolute atomic E-state index is 0.0648. The van der Waals surface area contributed by atoms with Crippen molar-refractivity contribution in [3.8, 4) is 0 Å². The maximum Gasteiger partial charge on any atom is 0.0799 e. The van der Waals surface area contributed by atoms with Crippen LogP contribution in [0.5, 0.6) is 0 Å². The van der Waals surface area contributed by atoms with Crippen molar-refractivity contribution in [2.75, 3.05) is 6.61 Å². The predicted molar refractivity (Wildman–Crippen MR) is 25.8 cm³/mol. The van der Waals surface area contributed by atoms with Crippen molar-refractivity contribution < 1.29 is 10.2 Å². The Morgan fingerprint density at radius 1 is 1.57 bits per heavy atom. The molecule has 2 nitrogen and oxygen atoms in total. The highest BCUT2D eigenvalue weighted by Crippen LogP contribution is 2.31. The molecule has 2 N–H and O–H groups in total. The van der Waals surface area contributed by atoms with Gasteiger partial charge in [0.25, 0.3) is 0 Å². The van der Waals surface area contributed by atoms with Gasteiger partial charge in [0, 0.05) is 0 Å². The topological polar surface area (TPSA) is 40.5 Å². The second-order valence-electron chi connectivity index (χ2n) is 2.09. The zero-order valence-corrected chi connectivity index (χ0v) is 4.17. The molecule has 2 heteroatoms. The predicted octanol–water partition coefficient (Wildman–Crippen LogP) is -0.250. The van der Waals surface area contributed by atoms with E-state index in [0.29, 0.717) is 5.92 Å². The molecule has 0 bridgehead atoms. The summed E-state index contributed by atoms with van der Waals surface area (Å²) in [7, 11) is 0. The van der Waals surface area contributed by atoms with Crippen LogP contribution in [0.4, 0.5) is 0 Å². The minimum atomic E-state index is -0.431. The van der Waals surface area contributed by atoms with Gasteiger partial charge in [0.15, 0.2) is 0 Å². The molecule has 0 aromatic carbocycles. The Bertz CT molecular complexity index is 59.1. The van der Waals surface area contributed by atoms with Gasteiger partial charge in [-0.3, -0.25) is 0 Å². The molecular formula is C5H10O2. The van der Waals surface area contributed by atoms with E-state index >= 15 is 0 Å². The van der Waals surface area contributed by atoms with Gasteiger partial charge in [-0.25, -0.2) is 0 Å². The second kappa shape index (κ2) is 1.80. The Balaban J connectivity index is 2.10. The first-order chi connectivity index (χ1) is 3.34. The highest BCUT2D eigenvalue weighted by molar-refractivity contribution is 4.79. The Hall–Kier alpha value is -0.0800. The van der Waals surface area contributed by atoms with Crippen LogP contribution >= 0.6 is 0 Å². The lowest BCUT2D eigenvalue weighted by molar-refractivity contribution is 0.0781. The van der Waals surface area contributed by atoms with Gasteiger partial charge in [0.2, 0.25) is 0 Å². The first kappa shape index (κ1) is 5.06. The number of aliphatic hydroxyl groups is 2. The van der Waals surface area contributed by atoms with Gasteiger partial charge < -0.3 is 10.2 Å². The van der Waals surface area contributed by atoms with Crippen molar-refractivity contribution in [1.82, 2.24) is 0 Å².